The first-order valence-corrected chi connectivity index (χ1v) is 11.1. The number of nitrogens with one attached hydrogen (secondary N) is 1. The Kier molecular flexibility index (Phi) is 7.65. The second kappa shape index (κ2) is 10.2. The van der Waals surface area contributed by atoms with E-state index in [0.29, 0.717) is 16.9 Å². The lowest BCUT2D eigenvalue weighted by atomic mass is 10.2. The number of methoxy groups -OCH3 is 1. The molecule has 0 saturated carbocycles. The Hall–Kier alpha value is -2.75. The van der Waals surface area contributed by atoms with Gasteiger partial charge in [-0.2, -0.15) is 0 Å². The van der Waals surface area contributed by atoms with E-state index in [2.05, 4.69) is 55.2 Å². The number of nitro groups is 1. The van der Waals surface area contributed by atoms with Gasteiger partial charge in [0, 0.05) is 12.1 Å². The third kappa shape index (κ3) is 5.53. The molecular weight excluding hydrogens is 648 g/mol. The minimum Gasteiger partial charge on any atom is -0.487 e. The van der Waals surface area contributed by atoms with Crippen molar-refractivity contribution in [2.45, 2.75) is 6.61 Å². The van der Waals surface area contributed by atoms with Crippen LogP contribution < -0.4 is 10.1 Å². The standard InChI is InChI=1S/C20H15I2N3O7/c1-31-17(26)9-24-19(27)16(23-20(24)28)8-12-6-14(21)18(15(22)7-12)32-10-11-3-2-4-13(5-11)25(29)30/h2-8H,9-10H2,1H3,(H,23,28)/b16-8+. The maximum Gasteiger partial charge on any atom is 0.329 e. The van der Waals surface area contributed by atoms with Crippen LogP contribution in [0.3, 0.4) is 0 Å². The summed E-state index contributed by atoms with van der Waals surface area (Å²) in [5.74, 6) is -0.741. The molecule has 1 aliphatic rings. The minimum absolute atomic E-state index is 0.0120. The first kappa shape index (κ1) is 23.9. The van der Waals surface area contributed by atoms with Gasteiger partial charge in [0.1, 0.15) is 24.6 Å². The fourth-order valence-corrected chi connectivity index (χ4v) is 4.92. The Bertz CT molecular complexity index is 1130. The van der Waals surface area contributed by atoms with Crippen molar-refractivity contribution < 1.29 is 28.8 Å². The number of esters is 1. The van der Waals surface area contributed by atoms with Crippen LogP contribution in [0, 0.1) is 17.3 Å². The Morgan fingerprint density at radius 1 is 1.22 bits per heavy atom. The number of rotatable bonds is 7. The Labute approximate surface area is 209 Å². The molecule has 0 spiro atoms. The summed E-state index contributed by atoms with van der Waals surface area (Å²) in [6.45, 7) is -0.330. The molecule has 1 aliphatic heterocycles. The zero-order chi connectivity index (χ0) is 23.4. The monoisotopic (exact) mass is 663 g/mol. The number of nitrogens with zero attached hydrogens (tertiary/aromatic N) is 2. The van der Waals surface area contributed by atoms with Gasteiger partial charge < -0.3 is 14.8 Å². The number of nitro benzene ring substituents is 1. The SMILES string of the molecule is COC(=O)CN1C(=O)N/C(=C/c2cc(I)c(OCc3cccc([N+](=O)[O-])c3)c(I)c2)C1=O. The van der Waals surface area contributed by atoms with E-state index in [1.165, 1.54) is 25.3 Å². The van der Waals surface area contributed by atoms with Crippen LogP contribution in [0.2, 0.25) is 0 Å². The summed E-state index contributed by atoms with van der Waals surface area (Å²) in [4.78, 5) is 47.1. The third-order valence-corrected chi connectivity index (χ3v) is 5.92. The van der Waals surface area contributed by atoms with Gasteiger partial charge in [-0.15, -0.1) is 0 Å². The molecule has 0 unspecified atom stereocenters. The number of urea groups is 1. The predicted molar refractivity (Wildman–Crippen MR) is 130 cm³/mol. The molecule has 3 rings (SSSR count). The van der Waals surface area contributed by atoms with Crippen molar-refractivity contribution in [3.05, 3.63) is 70.5 Å². The van der Waals surface area contributed by atoms with Crippen LogP contribution in [-0.2, 0) is 20.9 Å². The fourth-order valence-electron chi connectivity index (χ4n) is 2.79. The highest BCUT2D eigenvalue weighted by Crippen LogP contribution is 2.31. The van der Waals surface area contributed by atoms with Crippen LogP contribution in [0.5, 0.6) is 5.75 Å². The Morgan fingerprint density at radius 2 is 1.91 bits per heavy atom. The number of ether oxygens (including phenoxy) is 2. The number of amides is 3. The molecule has 0 atom stereocenters. The average Bonchev–Trinajstić information content (AvgIpc) is 3.00. The van der Waals surface area contributed by atoms with Crippen molar-refractivity contribution >= 4 is 74.9 Å². The van der Waals surface area contributed by atoms with Gasteiger partial charge in [0.25, 0.3) is 11.6 Å². The van der Waals surface area contributed by atoms with Gasteiger partial charge >= 0.3 is 12.0 Å². The molecule has 0 aliphatic carbocycles. The van der Waals surface area contributed by atoms with Gasteiger partial charge in [-0.05, 0) is 74.5 Å². The number of hydrogen-bond donors (Lipinski definition) is 1. The summed E-state index contributed by atoms with van der Waals surface area (Å²) >= 11 is 4.16. The highest BCUT2D eigenvalue weighted by atomic mass is 127. The zero-order valence-corrected chi connectivity index (χ0v) is 20.8. The summed E-state index contributed by atoms with van der Waals surface area (Å²) in [7, 11) is 1.17. The molecule has 0 radical (unpaired) electrons. The van der Waals surface area contributed by atoms with Gasteiger partial charge in [-0.1, -0.05) is 12.1 Å². The van der Waals surface area contributed by atoms with Crippen LogP contribution in [0.25, 0.3) is 6.08 Å². The van der Waals surface area contributed by atoms with Crippen molar-refractivity contribution in [2.75, 3.05) is 13.7 Å². The second-order valence-electron chi connectivity index (χ2n) is 6.48. The first-order valence-electron chi connectivity index (χ1n) is 8.96. The van der Waals surface area contributed by atoms with Crippen molar-refractivity contribution in [1.29, 1.82) is 0 Å². The molecule has 1 fully saturated rings. The number of benzene rings is 2. The second-order valence-corrected chi connectivity index (χ2v) is 8.81. The minimum atomic E-state index is -0.705. The molecule has 12 heteroatoms. The average molecular weight is 663 g/mol. The van der Waals surface area contributed by atoms with Crippen molar-refractivity contribution in [3.63, 3.8) is 0 Å². The number of halogens is 2. The zero-order valence-electron chi connectivity index (χ0n) is 16.5. The molecule has 32 heavy (non-hydrogen) atoms. The van der Waals surface area contributed by atoms with Gasteiger partial charge in [0.05, 0.1) is 19.2 Å². The lowest BCUT2D eigenvalue weighted by Gasteiger charge is -2.12. The van der Waals surface area contributed by atoms with E-state index in [1.54, 1.807) is 24.3 Å². The van der Waals surface area contributed by atoms with Crippen LogP contribution in [0.15, 0.2) is 42.1 Å². The van der Waals surface area contributed by atoms with Gasteiger partial charge in [-0.25, -0.2) is 9.69 Å². The summed E-state index contributed by atoms with van der Waals surface area (Å²) in [5, 5.41) is 13.4. The molecule has 2 aromatic rings. The molecule has 166 valence electrons. The van der Waals surface area contributed by atoms with E-state index >= 15 is 0 Å². The largest absolute Gasteiger partial charge is 0.487 e. The normalized spacial score (nSPS) is 14.5. The number of non-ortho nitro benzene ring substituents is 1. The fraction of sp³-hybridized carbons (Fsp3) is 0.150. The highest BCUT2D eigenvalue weighted by molar-refractivity contribution is 14.1. The van der Waals surface area contributed by atoms with E-state index in [9.17, 15) is 24.5 Å². The third-order valence-electron chi connectivity index (χ3n) is 4.31. The van der Waals surface area contributed by atoms with Crippen molar-refractivity contribution in [3.8, 4) is 5.75 Å². The van der Waals surface area contributed by atoms with E-state index in [-0.39, 0.29) is 18.0 Å². The maximum absolute atomic E-state index is 12.4. The van der Waals surface area contributed by atoms with Crippen LogP contribution in [0.1, 0.15) is 11.1 Å². The molecule has 2 aromatic carbocycles. The Morgan fingerprint density at radius 3 is 2.53 bits per heavy atom. The van der Waals surface area contributed by atoms with Crippen molar-refractivity contribution in [1.82, 2.24) is 10.2 Å². The smallest absolute Gasteiger partial charge is 0.329 e. The van der Waals surface area contributed by atoms with Crippen LogP contribution in [0.4, 0.5) is 10.5 Å². The summed E-state index contributed by atoms with van der Waals surface area (Å²) in [6, 6.07) is 9.02. The van der Waals surface area contributed by atoms with E-state index in [4.69, 9.17) is 4.74 Å². The van der Waals surface area contributed by atoms with Crippen molar-refractivity contribution in [2.24, 2.45) is 0 Å². The topological polar surface area (TPSA) is 128 Å². The van der Waals surface area contributed by atoms with Gasteiger partial charge in [-0.3, -0.25) is 19.7 Å². The first-order chi connectivity index (χ1) is 15.2. The quantitative estimate of drug-likeness (QED) is 0.120. The predicted octanol–water partition coefficient (Wildman–Crippen LogP) is 3.45. The molecular formula is C20H15I2N3O7. The molecule has 1 N–H and O–H groups in total. The summed E-state index contributed by atoms with van der Waals surface area (Å²) in [6.07, 6.45) is 1.51. The number of carbonyl (C=O) groups excluding carboxylic acids is 3. The van der Waals surface area contributed by atoms with Crippen LogP contribution in [-0.4, -0.2) is 41.4 Å². The number of carbonyl (C=O) groups is 3. The lowest BCUT2D eigenvalue weighted by molar-refractivity contribution is -0.384. The molecule has 0 aromatic heterocycles. The molecule has 1 saturated heterocycles. The van der Waals surface area contributed by atoms with Gasteiger partial charge in [0.2, 0.25) is 0 Å². The highest BCUT2D eigenvalue weighted by Gasteiger charge is 2.35. The molecule has 3 amide bonds. The lowest BCUT2D eigenvalue weighted by Crippen LogP contribution is -2.36. The number of hydrogen-bond acceptors (Lipinski definition) is 7. The molecule has 0 bridgehead atoms. The van der Waals surface area contributed by atoms with E-state index in [1.807, 2.05) is 0 Å². The molecule has 1 heterocycles. The van der Waals surface area contributed by atoms with Gasteiger partial charge in [0.15, 0.2) is 0 Å². The molecule has 10 nitrogen and oxygen atoms in total. The van der Waals surface area contributed by atoms with Crippen LogP contribution >= 0.6 is 45.2 Å². The maximum atomic E-state index is 12.4. The Balaban J connectivity index is 1.76. The van der Waals surface area contributed by atoms with E-state index in [0.717, 1.165) is 12.0 Å². The summed E-state index contributed by atoms with van der Waals surface area (Å²) < 4.78 is 11.9. The van der Waals surface area contributed by atoms with E-state index < -0.39 is 29.4 Å². The summed E-state index contributed by atoms with van der Waals surface area (Å²) in [5.41, 5.74) is 1.32. The number of imide groups is 1.